The molecule has 1 unspecified atom stereocenters. The van der Waals surface area contributed by atoms with E-state index in [0.29, 0.717) is 11.4 Å². The van der Waals surface area contributed by atoms with Crippen LogP contribution in [0.4, 0.5) is 13.2 Å². The Bertz CT molecular complexity index is 1070. The summed E-state index contributed by atoms with van der Waals surface area (Å²) >= 11 is 4.62. The summed E-state index contributed by atoms with van der Waals surface area (Å²) in [6, 6.07) is 18.1. The maximum atomic E-state index is 14.9. The first-order valence-electron chi connectivity index (χ1n) is 10.4. The Labute approximate surface area is 204 Å². The molecule has 1 N–H and O–H groups in total. The van der Waals surface area contributed by atoms with E-state index in [1.54, 1.807) is 18.2 Å². The van der Waals surface area contributed by atoms with E-state index in [4.69, 9.17) is 16.7 Å². The second-order valence-corrected chi connectivity index (χ2v) is 14.4. The predicted octanol–water partition coefficient (Wildman–Crippen LogP) is 7.56. The number of hydrogen-bond donors (Lipinski definition) is 1. The Morgan fingerprint density at radius 1 is 1.03 bits per heavy atom. The van der Waals surface area contributed by atoms with Gasteiger partial charge in [-0.1, -0.05) is 0 Å². The monoisotopic (exact) mass is 588 g/mol. The quantitative estimate of drug-likeness (QED) is 0.196. The van der Waals surface area contributed by atoms with Crippen LogP contribution in [0, 0.1) is 5.82 Å². The molecule has 0 aromatic heterocycles. The molecule has 0 radical (unpaired) electrons. The van der Waals surface area contributed by atoms with Crippen molar-refractivity contribution in [2.45, 2.75) is 24.7 Å². The molecule has 0 amide bonds. The average molecular weight is 589 g/mol. The molecule has 0 aliphatic heterocycles. The fourth-order valence-corrected chi connectivity index (χ4v) is 7.20. The van der Waals surface area contributed by atoms with Gasteiger partial charge >= 0.3 is 195 Å². The van der Waals surface area contributed by atoms with Crippen LogP contribution >= 0.6 is 31.4 Å². The zero-order chi connectivity index (χ0) is 24.0. The van der Waals surface area contributed by atoms with Crippen molar-refractivity contribution in [3.63, 3.8) is 0 Å². The summed E-state index contributed by atoms with van der Waals surface area (Å²) in [6.07, 6.45) is 1.46. The molecule has 0 saturated heterocycles. The van der Waals surface area contributed by atoms with E-state index in [1.807, 2.05) is 18.2 Å². The Morgan fingerprint density at radius 2 is 1.64 bits per heavy atom. The minimum atomic E-state index is -3.23. The van der Waals surface area contributed by atoms with Crippen LogP contribution < -0.4 is 0 Å². The summed E-state index contributed by atoms with van der Waals surface area (Å²) in [7, 11) is 0. The molecule has 33 heavy (non-hydrogen) atoms. The van der Waals surface area contributed by atoms with Gasteiger partial charge in [0.2, 0.25) is 0 Å². The molecule has 3 rings (SSSR count). The van der Waals surface area contributed by atoms with Gasteiger partial charge in [0, 0.05) is 0 Å². The number of carboxylic acids is 1. The van der Waals surface area contributed by atoms with Crippen LogP contribution in [0.3, 0.4) is 0 Å². The van der Waals surface area contributed by atoms with Crippen LogP contribution in [0.5, 0.6) is 0 Å². The topological polar surface area (TPSA) is 37.3 Å². The standard InChI is InChI=1S/C26H25ClF3IO2/c1-31(17-25(32)33)14-13-20(19-3-2-4-23(27)16-19)15-18-5-7-21(8-6-18)26(29,30)22-9-11-24(28)12-10-22/h2-12,16,20H,13-15,17H2,1H3,(H,32,33). The van der Waals surface area contributed by atoms with E-state index in [0.717, 1.165) is 46.2 Å². The Balaban J connectivity index is 1.77. The van der Waals surface area contributed by atoms with Crippen molar-refractivity contribution in [3.8, 4) is 0 Å². The molecule has 176 valence electrons. The van der Waals surface area contributed by atoms with Gasteiger partial charge in [-0.2, -0.15) is 0 Å². The van der Waals surface area contributed by atoms with Crippen molar-refractivity contribution in [1.82, 2.24) is 0 Å². The first-order chi connectivity index (χ1) is 15.6. The Hall–Kier alpha value is -2.06. The molecule has 0 saturated carbocycles. The Morgan fingerprint density at radius 3 is 2.21 bits per heavy atom. The van der Waals surface area contributed by atoms with Crippen molar-refractivity contribution in [2.75, 3.05) is 13.8 Å². The van der Waals surface area contributed by atoms with Crippen molar-refractivity contribution >= 4 is 37.4 Å². The van der Waals surface area contributed by atoms with Crippen LogP contribution in [0.25, 0.3) is 0 Å². The van der Waals surface area contributed by atoms with Crippen molar-refractivity contribution in [3.05, 3.63) is 106 Å². The number of carboxylic acid groups (broad SMARTS) is 1. The fraction of sp³-hybridized carbons (Fsp3) is 0.269. The first kappa shape index (κ1) is 25.6. The molecule has 1 atom stereocenters. The van der Waals surface area contributed by atoms with Crippen LogP contribution in [0.1, 0.15) is 34.6 Å². The molecule has 0 aliphatic rings. The molecule has 7 heteroatoms. The molecular weight excluding hydrogens is 564 g/mol. The van der Waals surface area contributed by atoms with Crippen LogP contribution in [-0.2, 0) is 17.1 Å². The second-order valence-electron chi connectivity index (χ2n) is 7.96. The zero-order valence-corrected chi connectivity index (χ0v) is 21.0. The van der Waals surface area contributed by atoms with E-state index in [2.05, 4.69) is 4.93 Å². The summed E-state index contributed by atoms with van der Waals surface area (Å²) in [5.41, 5.74) is 1.56. The second kappa shape index (κ2) is 11.4. The average Bonchev–Trinajstić information content (AvgIpc) is 2.77. The van der Waals surface area contributed by atoms with Gasteiger partial charge in [0.25, 0.3) is 0 Å². The third kappa shape index (κ3) is 7.21. The summed E-state index contributed by atoms with van der Waals surface area (Å²) in [6.45, 7) is 0. The molecule has 0 aliphatic carbocycles. The van der Waals surface area contributed by atoms with Crippen molar-refractivity contribution < 1.29 is 23.1 Å². The van der Waals surface area contributed by atoms with Gasteiger partial charge in [0.05, 0.1) is 0 Å². The third-order valence-corrected chi connectivity index (χ3v) is 10.1. The summed E-state index contributed by atoms with van der Waals surface area (Å²) in [5.74, 6) is -4.42. The van der Waals surface area contributed by atoms with Gasteiger partial charge in [-0.25, -0.2) is 4.39 Å². The number of benzene rings is 3. The number of rotatable bonds is 10. The summed E-state index contributed by atoms with van der Waals surface area (Å²) < 4.78 is 44.0. The number of aliphatic carboxylic acids is 1. The van der Waals surface area contributed by atoms with Crippen LogP contribution in [0.2, 0.25) is 5.02 Å². The molecule has 0 spiro atoms. The van der Waals surface area contributed by atoms with E-state index >= 15 is 0 Å². The van der Waals surface area contributed by atoms with E-state index in [9.17, 15) is 18.0 Å². The summed E-state index contributed by atoms with van der Waals surface area (Å²) in [5, 5.41) is 9.70. The number of alkyl halides is 5. The molecule has 0 fully saturated rings. The van der Waals surface area contributed by atoms with E-state index in [-0.39, 0.29) is 21.5 Å². The molecular formula is C26H25ClF3IO2. The number of halogens is 5. The molecule has 3 aromatic carbocycles. The van der Waals surface area contributed by atoms with Gasteiger partial charge in [-0.3, -0.25) is 0 Å². The fourth-order valence-electron chi connectivity index (χ4n) is 3.69. The molecule has 0 heterocycles. The van der Waals surface area contributed by atoms with Crippen LogP contribution in [-0.4, -0.2) is 24.9 Å². The first-order valence-corrected chi connectivity index (χ1v) is 16.0. The molecule has 3 aromatic rings. The normalized spacial score (nSPS) is 12.9. The zero-order valence-electron chi connectivity index (χ0n) is 18.1. The van der Waals surface area contributed by atoms with Gasteiger partial charge in [-0.05, 0) is 0 Å². The van der Waals surface area contributed by atoms with Crippen molar-refractivity contribution in [1.29, 1.82) is 0 Å². The van der Waals surface area contributed by atoms with Gasteiger partial charge < -0.3 is 0 Å². The Kier molecular flexibility index (Phi) is 8.82. The summed E-state index contributed by atoms with van der Waals surface area (Å²) in [4.78, 5) is 13.1. The maximum absolute atomic E-state index is 14.9. The SMILES string of the molecule is CI(CCC(Cc1ccc(C(F)(F)c2ccc(F)cc2)cc1)c1cccc(Cl)c1)CC(=O)O. The number of carbonyl (C=O) groups is 1. The number of hydrogen-bond acceptors (Lipinski definition) is 1. The van der Waals surface area contributed by atoms with Gasteiger partial charge in [0.15, 0.2) is 0 Å². The van der Waals surface area contributed by atoms with E-state index in [1.165, 1.54) is 12.1 Å². The van der Waals surface area contributed by atoms with E-state index < -0.39 is 37.5 Å². The predicted molar refractivity (Wildman–Crippen MR) is 136 cm³/mol. The van der Waals surface area contributed by atoms with Gasteiger partial charge in [0.1, 0.15) is 5.82 Å². The van der Waals surface area contributed by atoms with Crippen LogP contribution in [0.15, 0.2) is 72.8 Å². The third-order valence-electron chi connectivity index (χ3n) is 5.45. The van der Waals surface area contributed by atoms with Gasteiger partial charge in [-0.15, -0.1) is 0 Å². The molecule has 0 bridgehead atoms. The minimum absolute atomic E-state index is 0.112. The van der Waals surface area contributed by atoms with Crippen molar-refractivity contribution in [2.24, 2.45) is 0 Å². The molecule has 2 nitrogen and oxygen atoms in total.